The Balaban J connectivity index is 1.91. The van der Waals surface area contributed by atoms with Crippen molar-refractivity contribution in [3.8, 4) is 11.8 Å². The van der Waals surface area contributed by atoms with Crippen molar-refractivity contribution in [2.24, 2.45) is 5.73 Å². The van der Waals surface area contributed by atoms with Gasteiger partial charge in [0.15, 0.2) is 0 Å². The lowest BCUT2D eigenvalue weighted by Crippen LogP contribution is -1.96. The van der Waals surface area contributed by atoms with Gasteiger partial charge in [0.2, 0.25) is 0 Å². The number of rotatable bonds is 3. The maximum Gasteiger partial charge on any atom is 0.135 e. The van der Waals surface area contributed by atoms with Gasteiger partial charge in [-0.3, -0.25) is 0 Å². The van der Waals surface area contributed by atoms with Gasteiger partial charge in [0.05, 0.1) is 0 Å². The van der Waals surface area contributed by atoms with E-state index < -0.39 is 0 Å². The molecule has 1 heterocycles. The molecule has 3 rings (SSSR count). The molecule has 100 valence electrons. The number of para-hydroxylation sites is 1. The number of benzene rings is 2. The Hall–Kier alpha value is -2.24. The van der Waals surface area contributed by atoms with Crippen LogP contribution in [0.4, 0.5) is 0 Å². The van der Waals surface area contributed by atoms with E-state index in [1.165, 1.54) is 0 Å². The van der Waals surface area contributed by atoms with E-state index in [0.29, 0.717) is 0 Å². The molecule has 0 spiro atoms. The van der Waals surface area contributed by atoms with Gasteiger partial charge in [-0.1, -0.05) is 30.0 Å². The highest BCUT2D eigenvalue weighted by Crippen LogP contribution is 2.28. The average molecular weight is 263 g/mol. The normalized spacial score (nSPS) is 10.7. The second-order valence-electron chi connectivity index (χ2n) is 4.86. The first kappa shape index (κ1) is 12.8. The van der Waals surface area contributed by atoms with Crippen LogP contribution in [0.15, 0.2) is 46.9 Å². The Labute approximate surface area is 118 Å². The minimum atomic E-state index is 0.745. The quantitative estimate of drug-likeness (QED) is 0.571. The third kappa shape index (κ3) is 2.54. The van der Waals surface area contributed by atoms with Crippen molar-refractivity contribution in [3.63, 3.8) is 0 Å². The van der Waals surface area contributed by atoms with Crippen molar-refractivity contribution in [3.05, 3.63) is 48.0 Å². The standard InChI is InChI=1S/C18H17NO/c19-12-6-2-1-3-7-14-10-11-18-16(13-14)15-8-4-5-9-17(15)20-18/h4-5,8-11,13H,1-2,6,12,19H2. The molecule has 0 fully saturated rings. The maximum atomic E-state index is 5.80. The zero-order valence-corrected chi connectivity index (χ0v) is 11.4. The summed E-state index contributed by atoms with van der Waals surface area (Å²) in [6.07, 6.45) is 3.02. The molecule has 2 aromatic carbocycles. The molecule has 0 unspecified atom stereocenters. The van der Waals surface area contributed by atoms with Crippen LogP contribution in [-0.2, 0) is 0 Å². The van der Waals surface area contributed by atoms with Crippen LogP contribution in [0.25, 0.3) is 21.9 Å². The van der Waals surface area contributed by atoms with Gasteiger partial charge in [0.1, 0.15) is 11.2 Å². The first-order valence-corrected chi connectivity index (χ1v) is 6.99. The van der Waals surface area contributed by atoms with Crippen molar-refractivity contribution >= 4 is 21.9 Å². The summed E-state index contributed by atoms with van der Waals surface area (Å²) in [5.74, 6) is 6.42. The van der Waals surface area contributed by atoms with E-state index in [-0.39, 0.29) is 0 Å². The molecule has 2 N–H and O–H groups in total. The van der Waals surface area contributed by atoms with Crippen molar-refractivity contribution in [1.82, 2.24) is 0 Å². The fraction of sp³-hybridized carbons (Fsp3) is 0.222. The fourth-order valence-electron chi connectivity index (χ4n) is 2.33. The SMILES string of the molecule is NCCCCC#Cc1ccc2oc3ccccc3c2c1. The highest BCUT2D eigenvalue weighted by atomic mass is 16.3. The Morgan fingerprint density at radius 2 is 1.80 bits per heavy atom. The van der Waals surface area contributed by atoms with Gasteiger partial charge < -0.3 is 10.2 Å². The summed E-state index contributed by atoms with van der Waals surface area (Å²) >= 11 is 0. The van der Waals surface area contributed by atoms with Gasteiger partial charge in [0.25, 0.3) is 0 Å². The number of hydrogen-bond donors (Lipinski definition) is 1. The van der Waals surface area contributed by atoms with Crippen LogP contribution >= 0.6 is 0 Å². The summed E-state index contributed by atoms with van der Waals surface area (Å²) in [6, 6.07) is 14.2. The molecule has 20 heavy (non-hydrogen) atoms. The predicted molar refractivity (Wildman–Crippen MR) is 83.5 cm³/mol. The number of unbranched alkanes of at least 4 members (excludes halogenated alkanes) is 2. The minimum absolute atomic E-state index is 0.745. The Kier molecular flexibility index (Phi) is 3.71. The van der Waals surface area contributed by atoms with E-state index in [2.05, 4.69) is 24.0 Å². The van der Waals surface area contributed by atoms with Crippen molar-refractivity contribution in [2.45, 2.75) is 19.3 Å². The molecule has 0 saturated carbocycles. The van der Waals surface area contributed by atoms with E-state index in [9.17, 15) is 0 Å². The molecule has 0 bridgehead atoms. The van der Waals surface area contributed by atoms with Crippen LogP contribution in [0.2, 0.25) is 0 Å². The van der Waals surface area contributed by atoms with E-state index in [4.69, 9.17) is 10.2 Å². The predicted octanol–water partition coefficient (Wildman–Crippen LogP) is 4.07. The van der Waals surface area contributed by atoms with Crippen LogP contribution in [0, 0.1) is 11.8 Å². The van der Waals surface area contributed by atoms with Gasteiger partial charge >= 0.3 is 0 Å². The van der Waals surface area contributed by atoms with Crippen LogP contribution in [0.3, 0.4) is 0 Å². The second kappa shape index (κ2) is 5.81. The molecule has 2 nitrogen and oxygen atoms in total. The van der Waals surface area contributed by atoms with E-state index in [1.54, 1.807) is 0 Å². The minimum Gasteiger partial charge on any atom is -0.456 e. The molecule has 0 aliphatic rings. The molecular formula is C18H17NO. The number of fused-ring (bicyclic) bond motifs is 3. The molecule has 0 atom stereocenters. The summed E-state index contributed by atoms with van der Waals surface area (Å²) in [5.41, 5.74) is 8.35. The first-order chi connectivity index (χ1) is 9.88. The summed E-state index contributed by atoms with van der Waals surface area (Å²) in [4.78, 5) is 0. The van der Waals surface area contributed by atoms with E-state index >= 15 is 0 Å². The molecule has 2 heteroatoms. The van der Waals surface area contributed by atoms with Crippen molar-refractivity contribution in [1.29, 1.82) is 0 Å². The summed E-state index contributed by atoms with van der Waals surface area (Å²) in [5, 5.41) is 2.28. The van der Waals surface area contributed by atoms with E-state index in [0.717, 1.165) is 53.3 Å². The topological polar surface area (TPSA) is 39.2 Å². The molecule has 0 aliphatic carbocycles. The first-order valence-electron chi connectivity index (χ1n) is 6.99. The second-order valence-corrected chi connectivity index (χ2v) is 4.86. The Morgan fingerprint density at radius 1 is 0.950 bits per heavy atom. The number of hydrogen-bond acceptors (Lipinski definition) is 2. The molecule has 0 amide bonds. The van der Waals surface area contributed by atoms with Gasteiger partial charge in [-0.25, -0.2) is 0 Å². The zero-order valence-electron chi connectivity index (χ0n) is 11.4. The summed E-state index contributed by atoms with van der Waals surface area (Å²) in [6.45, 7) is 0.745. The van der Waals surface area contributed by atoms with Crippen molar-refractivity contribution < 1.29 is 4.42 Å². The lowest BCUT2D eigenvalue weighted by Gasteiger charge is -1.92. The van der Waals surface area contributed by atoms with Crippen molar-refractivity contribution in [2.75, 3.05) is 6.54 Å². The lowest BCUT2D eigenvalue weighted by atomic mass is 10.1. The highest BCUT2D eigenvalue weighted by Gasteiger charge is 2.05. The van der Waals surface area contributed by atoms with Gasteiger partial charge in [-0.15, -0.1) is 0 Å². The third-order valence-electron chi connectivity index (χ3n) is 3.37. The van der Waals surface area contributed by atoms with Gasteiger partial charge in [-0.05, 0) is 43.7 Å². The van der Waals surface area contributed by atoms with E-state index in [1.807, 2.05) is 30.3 Å². The largest absolute Gasteiger partial charge is 0.456 e. The van der Waals surface area contributed by atoms with Crippen LogP contribution in [-0.4, -0.2) is 6.54 Å². The third-order valence-corrected chi connectivity index (χ3v) is 3.37. The number of furan rings is 1. The molecule has 0 saturated heterocycles. The monoisotopic (exact) mass is 263 g/mol. The smallest absolute Gasteiger partial charge is 0.135 e. The molecule has 3 aromatic rings. The highest BCUT2D eigenvalue weighted by molar-refractivity contribution is 6.05. The van der Waals surface area contributed by atoms with Crippen LogP contribution in [0.1, 0.15) is 24.8 Å². The Morgan fingerprint density at radius 3 is 2.70 bits per heavy atom. The fourth-order valence-corrected chi connectivity index (χ4v) is 2.33. The average Bonchev–Trinajstić information content (AvgIpc) is 2.85. The lowest BCUT2D eigenvalue weighted by molar-refractivity contribution is 0.669. The summed E-state index contributed by atoms with van der Waals surface area (Å²) < 4.78 is 5.80. The molecule has 1 aromatic heterocycles. The van der Waals surface area contributed by atoms with Gasteiger partial charge in [0, 0.05) is 22.8 Å². The van der Waals surface area contributed by atoms with Gasteiger partial charge in [-0.2, -0.15) is 0 Å². The van der Waals surface area contributed by atoms with Crippen LogP contribution in [0.5, 0.6) is 0 Å². The number of nitrogens with two attached hydrogens (primary N) is 1. The zero-order chi connectivity index (χ0) is 13.8. The molecule has 0 radical (unpaired) electrons. The Bertz CT molecular complexity index is 789. The summed E-state index contributed by atoms with van der Waals surface area (Å²) in [7, 11) is 0. The molecular weight excluding hydrogens is 246 g/mol. The molecule has 0 aliphatic heterocycles. The van der Waals surface area contributed by atoms with Crippen LogP contribution < -0.4 is 5.73 Å². The maximum absolute atomic E-state index is 5.80.